The van der Waals surface area contributed by atoms with Crippen LogP contribution in [0.5, 0.6) is 5.75 Å². The summed E-state index contributed by atoms with van der Waals surface area (Å²) in [6.45, 7) is 7.12. The lowest BCUT2D eigenvalue weighted by Gasteiger charge is -2.32. The van der Waals surface area contributed by atoms with Crippen molar-refractivity contribution in [1.82, 2.24) is 0 Å². The Balaban J connectivity index is 1.83. The van der Waals surface area contributed by atoms with Crippen LogP contribution < -0.4 is 4.74 Å². The zero-order valence-electron chi connectivity index (χ0n) is 16.4. The van der Waals surface area contributed by atoms with E-state index in [4.69, 9.17) is 4.74 Å². The number of thioether (sulfide) groups is 1. The molecular formula is C23H30O3S. The monoisotopic (exact) mass is 386 g/mol. The van der Waals surface area contributed by atoms with Gasteiger partial charge in [-0.05, 0) is 80.0 Å². The second-order valence-electron chi connectivity index (χ2n) is 7.44. The Bertz CT molecular complexity index is 757. The molecule has 3 atom stereocenters. The first-order valence-electron chi connectivity index (χ1n) is 9.76. The number of rotatable bonds is 6. The molecule has 146 valence electrons. The maximum atomic E-state index is 10.2. The quantitative estimate of drug-likeness (QED) is 0.763. The normalized spacial score (nSPS) is 22.6. The van der Waals surface area contributed by atoms with Crippen molar-refractivity contribution in [1.29, 1.82) is 0 Å². The molecule has 0 spiro atoms. The summed E-state index contributed by atoms with van der Waals surface area (Å²) in [6.07, 6.45) is 1.99. The van der Waals surface area contributed by atoms with Crippen LogP contribution in [0.15, 0.2) is 36.4 Å². The predicted octanol–water partition coefficient (Wildman–Crippen LogP) is 4.58. The van der Waals surface area contributed by atoms with Gasteiger partial charge in [-0.1, -0.05) is 24.3 Å². The van der Waals surface area contributed by atoms with Crippen LogP contribution in [0.1, 0.15) is 52.8 Å². The van der Waals surface area contributed by atoms with E-state index in [1.54, 1.807) is 11.8 Å². The van der Waals surface area contributed by atoms with Gasteiger partial charge in [0.05, 0.1) is 19.3 Å². The molecule has 2 aromatic rings. The predicted molar refractivity (Wildman–Crippen MR) is 113 cm³/mol. The van der Waals surface area contributed by atoms with Gasteiger partial charge < -0.3 is 14.9 Å². The topological polar surface area (TPSA) is 49.7 Å². The van der Waals surface area contributed by atoms with Gasteiger partial charge >= 0.3 is 0 Å². The summed E-state index contributed by atoms with van der Waals surface area (Å²) in [7, 11) is 0. The Hall–Kier alpha value is -1.49. The highest BCUT2D eigenvalue weighted by molar-refractivity contribution is 8.00. The molecule has 27 heavy (non-hydrogen) atoms. The number of hydrogen-bond donors (Lipinski definition) is 2. The van der Waals surface area contributed by atoms with Gasteiger partial charge in [0.1, 0.15) is 5.75 Å². The lowest BCUT2D eigenvalue weighted by Crippen LogP contribution is -2.27. The fourth-order valence-electron chi connectivity index (χ4n) is 3.85. The molecule has 3 nitrogen and oxygen atoms in total. The average molecular weight is 387 g/mol. The molecule has 2 N–H and O–H groups in total. The van der Waals surface area contributed by atoms with Gasteiger partial charge in [0, 0.05) is 10.5 Å². The van der Waals surface area contributed by atoms with Gasteiger partial charge in [0.2, 0.25) is 0 Å². The lowest BCUT2D eigenvalue weighted by atomic mass is 9.92. The number of aliphatic hydroxyl groups is 2. The molecule has 1 heterocycles. The average Bonchev–Trinajstić information content (AvgIpc) is 2.65. The van der Waals surface area contributed by atoms with E-state index < -0.39 is 0 Å². The van der Waals surface area contributed by atoms with Crippen molar-refractivity contribution < 1.29 is 14.9 Å². The fraction of sp³-hybridized carbons (Fsp3) is 0.478. The van der Waals surface area contributed by atoms with Crippen LogP contribution in [0, 0.1) is 13.8 Å². The number of hydrogen-bond acceptors (Lipinski definition) is 4. The molecular weight excluding hydrogens is 356 g/mol. The molecule has 0 saturated carbocycles. The van der Waals surface area contributed by atoms with Crippen LogP contribution in [0.4, 0.5) is 0 Å². The van der Waals surface area contributed by atoms with Gasteiger partial charge in [-0.3, -0.25) is 0 Å². The first-order chi connectivity index (χ1) is 13.0. The highest BCUT2D eigenvalue weighted by atomic mass is 32.2. The lowest BCUT2D eigenvalue weighted by molar-refractivity contribution is 0.137. The molecule has 0 aromatic heterocycles. The van der Waals surface area contributed by atoms with E-state index in [0.717, 1.165) is 18.6 Å². The standard InChI is InChI=1S/C23H30O3S/c1-4-26-20-7-5-17(6-8-20)10-18-11-22(16(3)9-15(18)2)23-13-19(25)12-21(14-24)27-23/h5-9,11,19,21,23-25H,4,10,12-14H2,1-3H3. The Morgan fingerprint density at radius 3 is 2.48 bits per heavy atom. The summed E-state index contributed by atoms with van der Waals surface area (Å²) >= 11 is 1.80. The van der Waals surface area contributed by atoms with Crippen molar-refractivity contribution in [2.24, 2.45) is 0 Å². The first kappa shape index (κ1) is 20.2. The minimum absolute atomic E-state index is 0.119. The van der Waals surface area contributed by atoms with E-state index in [1.807, 2.05) is 19.1 Å². The second kappa shape index (κ2) is 9.13. The van der Waals surface area contributed by atoms with Gasteiger partial charge in [-0.2, -0.15) is 0 Å². The van der Waals surface area contributed by atoms with Crippen LogP contribution >= 0.6 is 11.8 Å². The Morgan fingerprint density at radius 2 is 1.81 bits per heavy atom. The van der Waals surface area contributed by atoms with Gasteiger partial charge in [0.25, 0.3) is 0 Å². The minimum Gasteiger partial charge on any atom is -0.494 e. The molecule has 3 unspecified atom stereocenters. The molecule has 0 aliphatic carbocycles. The summed E-state index contributed by atoms with van der Waals surface area (Å²) < 4.78 is 5.53. The third-order valence-corrected chi connectivity index (χ3v) is 6.78. The SMILES string of the molecule is CCOc1ccc(Cc2cc(C3CC(O)CC(CO)S3)c(C)cc2C)cc1. The Morgan fingerprint density at radius 1 is 1.07 bits per heavy atom. The van der Waals surface area contributed by atoms with Crippen molar-refractivity contribution >= 4 is 11.8 Å². The fourth-order valence-corrected chi connectivity index (χ4v) is 5.47. The summed E-state index contributed by atoms with van der Waals surface area (Å²) in [5.74, 6) is 0.908. The van der Waals surface area contributed by atoms with Crippen molar-refractivity contribution in [3.8, 4) is 5.75 Å². The summed E-state index contributed by atoms with van der Waals surface area (Å²) in [4.78, 5) is 0. The van der Waals surface area contributed by atoms with E-state index in [-0.39, 0.29) is 23.2 Å². The first-order valence-corrected chi connectivity index (χ1v) is 10.7. The van der Waals surface area contributed by atoms with Gasteiger partial charge in [-0.15, -0.1) is 11.8 Å². The van der Waals surface area contributed by atoms with Crippen LogP contribution in [-0.2, 0) is 6.42 Å². The maximum absolute atomic E-state index is 10.2. The highest BCUT2D eigenvalue weighted by Crippen LogP contribution is 2.44. The number of benzene rings is 2. The molecule has 4 heteroatoms. The van der Waals surface area contributed by atoms with Crippen LogP contribution in [-0.4, -0.2) is 34.8 Å². The zero-order valence-corrected chi connectivity index (χ0v) is 17.3. The molecule has 0 bridgehead atoms. The molecule has 0 radical (unpaired) electrons. The van der Waals surface area contributed by atoms with Gasteiger partial charge in [-0.25, -0.2) is 0 Å². The van der Waals surface area contributed by atoms with Gasteiger partial charge in [0.15, 0.2) is 0 Å². The number of ether oxygens (including phenoxy) is 1. The summed E-state index contributed by atoms with van der Waals surface area (Å²) in [6, 6.07) is 12.9. The van der Waals surface area contributed by atoms with Crippen molar-refractivity contribution in [3.05, 3.63) is 64.2 Å². The number of aliphatic hydroxyl groups excluding tert-OH is 2. The van der Waals surface area contributed by atoms with Crippen LogP contribution in [0.25, 0.3) is 0 Å². The Labute approximate surface area is 166 Å². The molecule has 3 rings (SSSR count). The third-order valence-electron chi connectivity index (χ3n) is 5.28. The van der Waals surface area contributed by atoms with Crippen LogP contribution in [0.3, 0.4) is 0 Å². The summed E-state index contributed by atoms with van der Waals surface area (Å²) in [5, 5.41) is 20.1. The minimum atomic E-state index is -0.330. The highest BCUT2D eigenvalue weighted by Gasteiger charge is 2.30. The molecule has 2 aromatic carbocycles. The smallest absolute Gasteiger partial charge is 0.119 e. The van der Waals surface area contributed by atoms with Crippen molar-refractivity contribution in [3.63, 3.8) is 0 Å². The Kier molecular flexibility index (Phi) is 6.85. The molecule has 1 fully saturated rings. The number of aryl methyl sites for hydroxylation is 2. The van der Waals surface area contributed by atoms with E-state index in [2.05, 4.69) is 38.1 Å². The molecule has 0 amide bonds. The molecule has 1 saturated heterocycles. The maximum Gasteiger partial charge on any atom is 0.119 e. The van der Waals surface area contributed by atoms with E-state index in [1.165, 1.54) is 27.8 Å². The summed E-state index contributed by atoms with van der Waals surface area (Å²) in [5.41, 5.74) is 6.45. The van der Waals surface area contributed by atoms with Crippen LogP contribution in [0.2, 0.25) is 0 Å². The van der Waals surface area contributed by atoms with E-state index >= 15 is 0 Å². The van der Waals surface area contributed by atoms with Crippen molar-refractivity contribution in [2.45, 2.75) is 56.6 Å². The van der Waals surface area contributed by atoms with E-state index in [0.29, 0.717) is 13.0 Å². The molecule has 1 aliphatic rings. The second-order valence-corrected chi connectivity index (χ2v) is 8.95. The van der Waals surface area contributed by atoms with E-state index in [9.17, 15) is 10.2 Å². The largest absolute Gasteiger partial charge is 0.494 e. The third kappa shape index (κ3) is 5.07. The zero-order chi connectivity index (χ0) is 19.4. The molecule has 1 aliphatic heterocycles. The van der Waals surface area contributed by atoms with Crippen molar-refractivity contribution in [2.75, 3.05) is 13.2 Å².